The molecule has 3 aliphatic rings. The molecule has 1 aliphatic carbocycles. The van der Waals surface area contributed by atoms with Gasteiger partial charge in [-0.25, -0.2) is 4.79 Å². The average molecular weight is 237 g/mol. The second kappa shape index (κ2) is 4.09. The summed E-state index contributed by atoms with van der Waals surface area (Å²) in [5, 5.41) is 9.43. The van der Waals surface area contributed by atoms with Crippen molar-refractivity contribution in [3.63, 3.8) is 0 Å². The topological polar surface area (TPSA) is 58.9 Å². The van der Waals surface area contributed by atoms with Crippen LogP contribution in [-0.2, 0) is 9.53 Å². The summed E-state index contributed by atoms with van der Waals surface area (Å²) in [6, 6.07) is -0.510. The zero-order valence-electron chi connectivity index (χ0n) is 10.0. The van der Waals surface area contributed by atoms with Gasteiger partial charge in [0.1, 0.15) is 0 Å². The van der Waals surface area contributed by atoms with Crippen molar-refractivity contribution < 1.29 is 14.6 Å². The molecule has 0 aromatic rings. The summed E-state index contributed by atoms with van der Waals surface area (Å²) in [6.07, 6.45) is 6.26. The summed E-state index contributed by atoms with van der Waals surface area (Å²) >= 11 is 0. The molecule has 2 unspecified atom stereocenters. The van der Waals surface area contributed by atoms with E-state index in [2.05, 4.69) is 4.99 Å². The third kappa shape index (κ3) is 1.61. The molecule has 17 heavy (non-hydrogen) atoms. The molecule has 1 N–H and O–H groups in total. The van der Waals surface area contributed by atoms with Crippen LogP contribution in [0.2, 0.25) is 0 Å². The first-order chi connectivity index (χ1) is 8.24. The Hall–Kier alpha value is -0.900. The van der Waals surface area contributed by atoms with Crippen molar-refractivity contribution in [2.75, 3.05) is 13.2 Å². The molecule has 0 radical (unpaired) electrons. The van der Waals surface area contributed by atoms with Crippen LogP contribution in [-0.4, -0.2) is 36.0 Å². The lowest BCUT2D eigenvalue weighted by Gasteiger charge is -2.42. The van der Waals surface area contributed by atoms with Crippen molar-refractivity contribution in [3.8, 4) is 0 Å². The Kier molecular flexibility index (Phi) is 2.69. The number of hydrogen-bond acceptors (Lipinski definition) is 3. The molecular weight excluding hydrogens is 218 g/mol. The van der Waals surface area contributed by atoms with E-state index in [1.165, 1.54) is 18.6 Å². The third-order valence-corrected chi connectivity index (χ3v) is 4.77. The number of nitrogens with zero attached hydrogens (tertiary/aromatic N) is 1. The van der Waals surface area contributed by atoms with E-state index >= 15 is 0 Å². The minimum Gasteiger partial charge on any atom is -0.480 e. The van der Waals surface area contributed by atoms with E-state index in [-0.39, 0.29) is 5.41 Å². The predicted molar refractivity (Wildman–Crippen MR) is 63.3 cm³/mol. The number of aliphatic carboxylic acids is 1. The molecule has 2 fully saturated rings. The standard InChI is InChI=1S/C13H19NO3/c15-12(16)11-13(5-7-17-8-6-13)9-3-1-2-4-10(9)14-11/h9,11H,1-8H2,(H,15,16). The lowest BCUT2D eigenvalue weighted by molar-refractivity contribution is -0.144. The van der Waals surface area contributed by atoms with Crippen LogP contribution < -0.4 is 0 Å². The first-order valence-corrected chi connectivity index (χ1v) is 6.61. The molecule has 3 rings (SSSR count). The smallest absolute Gasteiger partial charge is 0.329 e. The lowest BCUT2D eigenvalue weighted by Crippen LogP contribution is -2.46. The molecule has 2 heterocycles. The van der Waals surface area contributed by atoms with E-state index in [1.807, 2.05) is 0 Å². The Morgan fingerprint density at radius 3 is 2.82 bits per heavy atom. The van der Waals surface area contributed by atoms with Crippen LogP contribution in [0.25, 0.3) is 0 Å². The molecule has 94 valence electrons. The minimum absolute atomic E-state index is 0.125. The fraction of sp³-hybridized carbons (Fsp3) is 0.846. The Morgan fingerprint density at radius 1 is 1.35 bits per heavy atom. The number of carboxylic acid groups (broad SMARTS) is 1. The number of carboxylic acids is 1. The maximum Gasteiger partial charge on any atom is 0.329 e. The molecule has 1 saturated heterocycles. The van der Waals surface area contributed by atoms with Gasteiger partial charge in [0, 0.05) is 30.3 Å². The highest BCUT2D eigenvalue weighted by Gasteiger charge is 2.55. The summed E-state index contributed by atoms with van der Waals surface area (Å²) in [4.78, 5) is 16.0. The van der Waals surface area contributed by atoms with Gasteiger partial charge in [0.05, 0.1) is 0 Å². The molecule has 2 aliphatic heterocycles. The zero-order chi connectivity index (χ0) is 11.9. The number of aliphatic imine (C=N–C) groups is 1. The highest BCUT2D eigenvalue weighted by atomic mass is 16.5. The van der Waals surface area contributed by atoms with Gasteiger partial charge in [-0.1, -0.05) is 6.42 Å². The fourth-order valence-electron chi connectivity index (χ4n) is 3.93. The molecule has 0 aromatic carbocycles. The maximum atomic E-state index is 11.5. The summed E-state index contributed by atoms with van der Waals surface area (Å²) in [5.41, 5.74) is 1.06. The van der Waals surface area contributed by atoms with Gasteiger partial charge in [-0.05, 0) is 32.1 Å². The molecule has 4 nitrogen and oxygen atoms in total. The van der Waals surface area contributed by atoms with E-state index in [0.717, 1.165) is 25.7 Å². The molecule has 0 bridgehead atoms. The summed E-state index contributed by atoms with van der Waals surface area (Å²) in [7, 11) is 0. The van der Waals surface area contributed by atoms with E-state index < -0.39 is 12.0 Å². The van der Waals surface area contributed by atoms with Gasteiger partial charge in [0.15, 0.2) is 6.04 Å². The van der Waals surface area contributed by atoms with Crippen LogP contribution in [0.1, 0.15) is 38.5 Å². The van der Waals surface area contributed by atoms with Crippen LogP contribution in [0.15, 0.2) is 4.99 Å². The van der Waals surface area contributed by atoms with Crippen LogP contribution in [0.3, 0.4) is 0 Å². The van der Waals surface area contributed by atoms with Crippen molar-refractivity contribution >= 4 is 11.7 Å². The SMILES string of the molecule is O=C(O)C1N=C2CCCCC2C12CCOCC2. The second-order valence-corrected chi connectivity index (χ2v) is 5.51. The molecule has 2 atom stereocenters. The fourth-order valence-corrected chi connectivity index (χ4v) is 3.93. The Labute approximate surface area is 101 Å². The van der Waals surface area contributed by atoms with Gasteiger partial charge in [-0.3, -0.25) is 4.99 Å². The molecular formula is C13H19NO3. The van der Waals surface area contributed by atoms with Crippen molar-refractivity contribution in [3.05, 3.63) is 0 Å². The highest BCUT2D eigenvalue weighted by molar-refractivity contribution is 5.94. The zero-order valence-corrected chi connectivity index (χ0v) is 10.0. The van der Waals surface area contributed by atoms with Gasteiger partial charge in [0.2, 0.25) is 0 Å². The summed E-state index contributed by atoms with van der Waals surface area (Å²) < 4.78 is 5.42. The van der Waals surface area contributed by atoms with E-state index in [4.69, 9.17) is 4.74 Å². The maximum absolute atomic E-state index is 11.5. The second-order valence-electron chi connectivity index (χ2n) is 5.51. The average Bonchev–Trinajstić information content (AvgIpc) is 2.66. The predicted octanol–water partition coefficient (Wildman–Crippen LogP) is 1.88. The largest absolute Gasteiger partial charge is 0.480 e. The van der Waals surface area contributed by atoms with Crippen molar-refractivity contribution in [2.45, 2.75) is 44.6 Å². The van der Waals surface area contributed by atoms with Crippen molar-refractivity contribution in [1.82, 2.24) is 0 Å². The number of carbonyl (C=O) groups is 1. The number of rotatable bonds is 1. The summed E-state index contributed by atoms with van der Waals surface area (Å²) in [5.74, 6) is -0.324. The van der Waals surface area contributed by atoms with Gasteiger partial charge < -0.3 is 9.84 Å². The Morgan fingerprint density at radius 2 is 2.12 bits per heavy atom. The van der Waals surface area contributed by atoms with E-state index in [0.29, 0.717) is 19.1 Å². The van der Waals surface area contributed by atoms with E-state index in [1.54, 1.807) is 0 Å². The molecule has 0 aromatic heterocycles. The number of fused-ring (bicyclic) bond motifs is 2. The van der Waals surface area contributed by atoms with Crippen LogP contribution in [0.5, 0.6) is 0 Å². The van der Waals surface area contributed by atoms with Crippen LogP contribution in [0, 0.1) is 11.3 Å². The molecule has 1 spiro atoms. The lowest BCUT2D eigenvalue weighted by atomic mass is 9.62. The molecule has 4 heteroatoms. The minimum atomic E-state index is -0.742. The van der Waals surface area contributed by atoms with Gasteiger partial charge in [-0.2, -0.15) is 0 Å². The van der Waals surface area contributed by atoms with Gasteiger partial charge >= 0.3 is 5.97 Å². The van der Waals surface area contributed by atoms with E-state index in [9.17, 15) is 9.90 Å². The number of hydrogen-bond donors (Lipinski definition) is 1. The number of ether oxygens (including phenoxy) is 1. The van der Waals surface area contributed by atoms with Crippen LogP contribution in [0.4, 0.5) is 0 Å². The first kappa shape index (κ1) is 11.2. The Bertz CT molecular complexity index is 358. The Balaban J connectivity index is 1.95. The van der Waals surface area contributed by atoms with Gasteiger partial charge in [-0.15, -0.1) is 0 Å². The molecule has 0 amide bonds. The van der Waals surface area contributed by atoms with Crippen molar-refractivity contribution in [1.29, 1.82) is 0 Å². The first-order valence-electron chi connectivity index (χ1n) is 6.61. The molecule has 1 saturated carbocycles. The quantitative estimate of drug-likeness (QED) is 0.757. The monoisotopic (exact) mass is 237 g/mol. The highest BCUT2D eigenvalue weighted by Crippen LogP contribution is 2.51. The van der Waals surface area contributed by atoms with Gasteiger partial charge in [0.25, 0.3) is 0 Å². The third-order valence-electron chi connectivity index (χ3n) is 4.77. The summed E-state index contributed by atoms with van der Waals surface area (Å²) in [6.45, 7) is 1.40. The van der Waals surface area contributed by atoms with Crippen LogP contribution >= 0.6 is 0 Å². The van der Waals surface area contributed by atoms with Crippen molar-refractivity contribution in [2.24, 2.45) is 16.3 Å². The normalized spacial score (nSPS) is 35.4.